The minimum absolute atomic E-state index is 0. The highest BCUT2D eigenvalue weighted by Gasteiger charge is 2.39. The van der Waals surface area contributed by atoms with Crippen molar-refractivity contribution in [3.63, 3.8) is 0 Å². The van der Waals surface area contributed by atoms with Crippen LogP contribution >= 0.6 is 12.4 Å². The van der Waals surface area contributed by atoms with E-state index in [-0.39, 0.29) is 23.7 Å². The molecule has 1 heterocycles. The number of carbonyl (C=O) groups excluding carboxylic acids is 1. The zero-order valence-corrected chi connectivity index (χ0v) is 15.4. The van der Waals surface area contributed by atoms with Crippen LogP contribution in [0, 0.1) is 26.2 Å². The molecule has 1 fully saturated rings. The third-order valence-corrected chi connectivity index (χ3v) is 4.73. The SMILES string of the molecule is COCC1(C(=O)NCc2c(C)cc(C)cc2C)CCNCC1.Cl. The van der Waals surface area contributed by atoms with E-state index in [1.54, 1.807) is 7.11 Å². The molecule has 23 heavy (non-hydrogen) atoms. The lowest BCUT2D eigenvalue weighted by Crippen LogP contribution is -2.50. The third kappa shape index (κ3) is 4.69. The van der Waals surface area contributed by atoms with Gasteiger partial charge in [0.15, 0.2) is 0 Å². The van der Waals surface area contributed by atoms with Crippen molar-refractivity contribution in [3.8, 4) is 0 Å². The van der Waals surface area contributed by atoms with Crippen LogP contribution in [0.15, 0.2) is 12.1 Å². The van der Waals surface area contributed by atoms with E-state index < -0.39 is 0 Å². The summed E-state index contributed by atoms with van der Waals surface area (Å²) in [5.74, 6) is 0.121. The number of ether oxygens (including phenoxy) is 1. The van der Waals surface area contributed by atoms with Crippen molar-refractivity contribution in [2.45, 2.75) is 40.2 Å². The number of hydrogen-bond acceptors (Lipinski definition) is 3. The van der Waals surface area contributed by atoms with Crippen molar-refractivity contribution in [2.75, 3.05) is 26.8 Å². The van der Waals surface area contributed by atoms with Crippen molar-refractivity contribution < 1.29 is 9.53 Å². The monoisotopic (exact) mass is 340 g/mol. The molecule has 5 heteroatoms. The zero-order chi connectivity index (χ0) is 16.2. The van der Waals surface area contributed by atoms with Gasteiger partial charge in [-0.05, 0) is 63.4 Å². The quantitative estimate of drug-likeness (QED) is 0.866. The summed E-state index contributed by atoms with van der Waals surface area (Å²) < 4.78 is 5.33. The fourth-order valence-corrected chi connectivity index (χ4v) is 3.46. The van der Waals surface area contributed by atoms with E-state index in [1.165, 1.54) is 22.3 Å². The van der Waals surface area contributed by atoms with Crippen LogP contribution in [-0.4, -0.2) is 32.7 Å². The van der Waals surface area contributed by atoms with Crippen molar-refractivity contribution in [3.05, 3.63) is 34.4 Å². The first kappa shape index (κ1) is 19.9. The van der Waals surface area contributed by atoms with Gasteiger partial charge in [-0.3, -0.25) is 4.79 Å². The van der Waals surface area contributed by atoms with Crippen molar-refractivity contribution in [1.82, 2.24) is 10.6 Å². The Morgan fingerprint density at radius 2 is 1.78 bits per heavy atom. The first-order valence-electron chi connectivity index (χ1n) is 8.03. The van der Waals surface area contributed by atoms with Crippen LogP contribution in [0.2, 0.25) is 0 Å². The van der Waals surface area contributed by atoms with Gasteiger partial charge in [-0.25, -0.2) is 0 Å². The molecule has 0 bridgehead atoms. The molecule has 2 N–H and O–H groups in total. The molecule has 1 aromatic carbocycles. The first-order chi connectivity index (χ1) is 10.5. The van der Waals surface area contributed by atoms with Gasteiger partial charge >= 0.3 is 0 Å². The van der Waals surface area contributed by atoms with Crippen LogP contribution in [0.5, 0.6) is 0 Å². The summed E-state index contributed by atoms with van der Waals surface area (Å²) in [6.07, 6.45) is 1.66. The number of carbonyl (C=O) groups is 1. The average Bonchev–Trinajstić information content (AvgIpc) is 2.47. The van der Waals surface area contributed by atoms with Crippen LogP contribution in [0.4, 0.5) is 0 Å². The van der Waals surface area contributed by atoms with E-state index in [9.17, 15) is 4.79 Å². The molecule has 0 spiro atoms. The maximum Gasteiger partial charge on any atom is 0.228 e. The number of halogens is 1. The molecular formula is C18H29ClN2O2. The summed E-state index contributed by atoms with van der Waals surface area (Å²) in [6.45, 7) is 9.15. The highest BCUT2D eigenvalue weighted by Crippen LogP contribution is 2.29. The Labute approximate surface area is 145 Å². The van der Waals surface area contributed by atoms with E-state index >= 15 is 0 Å². The van der Waals surface area contributed by atoms with Gasteiger partial charge < -0.3 is 15.4 Å². The summed E-state index contributed by atoms with van der Waals surface area (Å²) in [5.41, 5.74) is 4.58. The van der Waals surface area contributed by atoms with Gasteiger partial charge in [0, 0.05) is 13.7 Å². The Morgan fingerprint density at radius 3 is 2.30 bits per heavy atom. The molecule has 0 aliphatic carbocycles. The Balaban J connectivity index is 0.00000264. The maximum absolute atomic E-state index is 12.8. The number of hydrogen-bond donors (Lipinski definition) is 2. The molecule has 4 nitrogen and oxygen atoms in total. The summed E-state index contributed by atoms with van der Waals surface area (Å²) in [7, 11) is 1.67. The minimum Gasteiger partial charge on any atom is -0.384 e. The molecule has 1 aliphatic rings. The van der Waals surface area contributed by atoms with E-state index in [1.807, 2.05) is 0 Å². The second kappa shape index (κ2) is 8.67. The van der Waals surface area contributed by atoms with Crippen molar-refractivity contribution in [1.29, 1.82) is 0 Å². The number of aryl methyl sites for hydroxylation is 3. The second-order valence-electron chi connectivity index (χ2n) is 6.52. The minimum atomic E-state index is -0.382. The molecule has 1 aromatic rings. The zero-order valence-electron chi connectivity index (χ0n) is 14.6. The fraction of sp³-hybridized carbons (Fsp3) is 0.611. The van der Waals surface area contributed by atoms with E-state index in [2.05, 4.69) is 43.5 Å². The lowest BCUT2D eigenvalue weighted by molar-refractivity contribution is -0.136. The van der Waals surface area contributed by atoms with Gasteiger partial charge in [-0.2, -0.15) is 0 Å². The number of nitrogens with one attached hydrogen (secondary N) is 2. The van der Waals surface area contributed by atoms with Gasteiger partial charge in [0.2, 0.25) is 5.91 Å². The number of piperidine rings is 1. The standard InChI is InChI=1S/C18H28N2O2.ClH/c1-13-9-14(2)16(15(3)10-13)11-20-17(21)18(12-22-4)5-7-19-8-6-18;/h9-10,19H,5-8,11-12H2,1-4H3,(H,20,21);1H. The topological polar surface area (TPSA) is 50.4 Å². The summed E-state index contributed by atoms with van der Waals surface area (Å²) >= 11 is 0. The smallest absolute Gasteiger partial charge is 0.228 e. The van der Waals surface area contributed by atoms with Crippen LogP contribution in [0.1, 0.15) is 35.1 Å². The lowest BCUT2D eigenvalue weighted by Gasteiger charge is -2.35. The van der Waals surface area contributed by atoms with Gasteiger partial charge in [0.25, 0.3) is 0 Å². The largest absolute Gasteiger partial charge is 0.384 e. The predicted molar refractivity (Wildman–Crippen MR) is 96.2 cm³/mol. The Morgan fingerprint density at radius 1 is 1.22 bits per heavy atom. The number of methoxy groups -OCH3 is 1. The molecule has 0 unspecified atom stereocenters. The number of amides is 1. The summed E-state index contributed by atoms with van der Waals surface area (Å²) in [4.78, 5) is 12.8. The van der Waals surface area contributed by atoms with Crippen LogP contribution in [0.25, 0.3) is 0 Å². The van der Waals surface area contributed by atoms with Crippen LogP contribution in [0.3, 0.4) is 0 Å². The Bertz CT molecular complexity index is 511. The van der Waals surface area contributed by atoms with Crippen LogP contribution in [-0.2, 0) is 16.1 Å². The normalized spacial score (nSPS) is 16.5. The molecule has 2 rings (SSSR count). The van der Waals surface area contributed by atoms with Crippen molar-refractivity contribution >= 4 is 18.3 Å². The second-order valence-corrected chi connectivity index (χ2v) is 6.52. The van der Waals surface area contributed by atoms with E-state index in [4.69, 9.17) is 4.74 Å². The molecule has 0 saturated carbocycles. The Kier molecular flexibility index (Phi) is 7.52. The maximum atomic E-state index is 12.8. The summed E-state index contributed by atoms with van der Waals surface area (Å²) in [6, 6.07) is 4.34. The molecule has 1 amide bonds. The van der Waals surface area contributed by atoms with E-state index in [0.717, 1.165) is 25.9 Å². The van der Waals surface area contributed by atoms with Gasteiger partial charge in [0.05, 0.1) is 12.0 Å². The Hall–Kier alpha value is -1.10. The van der Waals surface area contributed by atoms with Gasteiger partial charge in [-0.1, -0.05) is 17.7 Å². The van der Waals surface area contributed by atoms with Gasteiger partial charge in [-0.15, -0.1) is 12.4 Å². The molecule has 0 aromatic heterocycles. The van der Waals surface area contributed by atoms with Gasteiger partial charge in [0.1, 0.15) is 0 Å². The first-order valence-corrected chi connectivity index (χ1v) is 8.03. The molecule has 0 radical (unpaired) electrons. The average molecular weight is 341 g/mol. The fourth-order valence-electron chi connectivity index (χ4n) is 3.46. The van der Waals surface area contributed by atoms with Crippen molar-refractivity contribution in [2.24, 2.45) is 5.41 Å². The third-order valence-electron chi connectivity index (χ3n) is 4.73. The van der Waals surface area contributed by atoms with E-state index in [0.29, 0.717) is 13.2 Å². The molecule has 1 saturated heterocycles. The molecular weight excluding hydrogens is 312 g/mol. The summed E-state index contributed by atoms with van der Waals surface area (Å²) in [5, 5.41) is 6.46. The number of benzene rings is 1. The molecule has 0 atom stereocenters. The van der Waals surface area contributed by atoms with Crippen LogP contribution < -0.4 is 10.6 Å². The molecule has 130 valence electrons. The predicted octanol–water partition coefficient (Wildman–Crippen LogP) is 2.67. The highest BCUT2D eigenvalue weighted by atomic mass is 35.5. The number of rotatable bonds is 5. The highest BCUT2D eigenvalue weighted by molar-refractivity contribution is 5.85. The lowest BCUT2D eigenvalue weighted by atomic mass is 9.78. The molecule has 1 aliphatic heterocycles.